The van der Waals surface area contributed by atoms with Crippen LogP contribution in [0, 0.1) is 5.82 Å². The average Bonchev–Trinajstić information content (AvgIpc) is 2.82. The minimum Gasteiger partial charge on any atom is -0.327 e. The SMILES string of the molecule is O=Cc1cn(Cc2cccc(F)c2Br)c2ncccc12. The molecular formula is C15H10BrFN2O. The van der Waals surface area contributed by atoms with Gasteiger partial charge in [-0.25, -0.2) is 9.37 Å². The van der Waals surface area contributed by atoms with Crippen molar-refractivity contribution in [2.45, 2.75) is 6.54 Å². The van der Waals surface area contributed by atoms with Crippen LogP contribution >= 0.6 is 15.9 Å². The molecule has 20 heavy (non-hydrogen) atoms. The summed E-state index contributed by atoms with van der Waals surface area (Å²) in [6, 6.07) is 8.54. The quantitative estimate of drug-likeness (QED) is 0.684. The van der Waals surface area contributed by atoms with Crippen molar-refractivity contribution in [1.82, 2.24) is 9.55 Å². The van der Waals surface area contributed by atoms with Crippen molar-refractivity contribution in [3.8, 4) is 0 Å². The molecule has 0 aliphatic carbocycles. The molecule has 0 aliphatic rings. The topological polar surface area (TPSA) is 34.9 Å². The van der Waals surface area contributed by atoms with Crippen LogP contribution in [0.3, 0.4) is 0 Å². The molecule has 0 atom stereocenters. The first kappa shape index (κ1) is 13.0. The molecule has 0 bridgehead atoms. The maximum Gasteiger partial charge on any atom is 0.152 e. The zero-order chi connectivity index (χ0) is 14.1. The average molecular weight is 333 g/mol. The number of carbonyl (C=O) groups excluding carboxylic acids is 1. The predicted octanol–water partition coefficient (Wildman–Crippen LogP) is 3.80. The molecule has 100 valence electrons. The van der Waals surface area contributed by atoms with Gasteiger partial charge in [0.05, 0.1) is 11.0 Å². The summed E-state index contributed by atoms with van der Waals surface area (Å²) in [5.74, 6) is -0.303. The molecule has 2 heterocycles. The largest absolute Gasteiger partial charge is 0.327 e. The molecule has 0 saturated heterocycles. The van der Waals surface area contributed by atoms with Crippen LogP contribution in [0.4, 0.5) is 4.39 Å². The van der Waals surface area contributed by atoms with Gasteiger partial charge in [-0.1, -0.05) is 12.1 Å². The van der Waals surface area contributed by atoms with Crippen molar-refractivity contribution < 1.29 is 9.18 Å². The maximum atomic E-state index is 13.5. The first-order valence-electron chi connectivity index (χ1n) is 6.02. The van der Waals surface area contributed by atoms with Gasteiger partial charge >= 0.3 is 0 Å². The Morgan fingerprint density at radius 2 is 2.15 bits per heavy atom. The Kier molecular flexibility index (Phi) is 3.36. The number of carbonyl (C=O) groups is 1. The van der Waals surface area contributed by atoms with E-state index in [2.05, 4.69) is 20.9 Å². The Hall–Kier alpha value is -2.01. The lowest BCUT2D eigenvalue weighted by Crippen LogP contribution is -2.00. The van der Waals surface area contributed by atoms with Crippen molar-refractivity contribution >= 4 is 33.2 Å². The predicted molar refractivity (Wildman–Crippen MR) is 78.3 cm³/mol. The molecule has 3 rings (SSSR count). The van der Waals surface area contributed by atoms with E-state index in [9.17, 15) is 9.18 Å². The summed E-state index contributed by atoms with van der Waals surface area (Å²) in [5, 5.41) is 0.801. The fourth-order valence-corrected chi connectivity index (χ4v) is 2.61. The molecule has 1 aromatic carbocycles. The van der Waals surface area contributed by atoms with Gasteiger partial charge in [-0.05, 0) is 39.7 Å². The van der Waals surface area contributed by atoms with Crippen LogP contribution in [-0.4, -0.2) is 15.8 Å². The highest BCUT2D eigenvalue weighted by Crippen LogP contribution is 2.24. The van der Waals surface area contributed by atoms with Crippen LogP contribution in [0.1, 0.15) is 15.9 Å². The molecule has 0 unspecified atom stereocenters. The van der Waals surface area contributed by atoms with Crippen LogP contribution in [0.25, 0.3) is 11.0 Å². The van der Waals surface area contributed by atoms with Crippen LogP contribution in [0.15, 0.2) is 47.2 Å². The number of aromatic nitrogens is 2. The number of hydrogen-bond donors (Lipinski definition) is 0. The number of rotatable bonds is 3. The third-order valence-electron chi connectivity index (χ3n) is 3.16. The second-order valence-corrected chi connectivity index (χ2v) is 5.21. The highest BCUT2D eigenvalue weighted by molar-refractivity contribution is 9.10. The molecule has 3 aromatic rings. The van der Waals surface area contributed by atoms with Crippen LogP contribution in [-0.2, 0) is 6.54 Å². The van der Waals surface area contributed by atoms with Crippen LogP contribution < -0.4 is 0 Å². The van der Waals surface area contributed by atoms with Crippen LogP contribution in [0.5, 0.6) is 0 Å². The van der Waals surface area contributed by atoms with Crippen molar-refractivity contribution in [3.63, 3.8) is 0 Å². The lowest BCUT2D eigenvalue weighted by molar-refractivity contribution is 0.112. The summed E-state index contributed by atoms with van der Waals surface area (Å²) in [6.07, 6.45) is 4.22. The van der Waals surface area contributed by atoms with Gasteiger partial charge in [0, 0.05) is 23.3 Å². The third kappa shape index (κ3) is 2.14. The van der Waals surface area contributed by atoms with E-state index in [1.165, 1.54) is 6.07 Å². The zero-order valence-corrected chi connectivity index (χ0v) is 12.0. The monoisotopic (exact) mass is 332 g/mol. The smallest absolute Gasteiger partial charge is 0.152 e. The van der Waals surface area contributed by atoms with Gasteiger partial charge in [-0.2, -0.15) is 0 Å². The Balaban J connectivity index is 2.11. The zero-order valence-electron chi connectivity index (χ0n) is 10.4. The Morgan fingerprint density at radius 3 is 2.95 bits per heavy atom. The number of fused-ring (bicyclic) bond motifs is 1. The van der Waals surface area contributed by atoms with E-state index >= 15 is 0 Å². The number of pyridine rings is 1. The first-order valence-corrected chi connectivity index (χ1v) is 6.82. The number of benzene rings is 1. The summed E-state index contributed by atoms with van der Waals surface area (Å²) in [7, 11) is 0. The normalized spacial score (nSPS) is 10.9. The molecule has 0 saturated carbocycles. The summed E-state index contributed by atoms with van der Waals surface area (Å²) in [4.78, 5) is 15.4. The summed E-state index contributed by atoms with van der Waals surface area (Å²) in [5.41, 5.74) is 2.09. The Morgan fingerprint density at radius 1 is 1.30 bits per heavy atom. The molecule has 0 spiro atoms. The van der Waals surface area contributed by atoms with Gasteiger partial charge in [0.25, 0.3) is 0 Å². The molecule has 2 aromatic heterocycles. The lowest BCUT2D eigenvalue weighted by atomic mass is 10.2. The fourth-order valence-electron chi connectivity index (χ4n) is 2.22. The van der Waals surface area contributed by atoms with Crippen LogP contribution in [0.2, 0.25) is 0 Å². The third-order valence-corrected chi connectivity index (χ3v) is 4.05. The molecule has 0 N–H and O–H groups in total. The van der Waals surface area contributed by atoms with Gasteiger partial charge in [0.1, 0.15) is 11.5 Å². The van der Waals surface area contributed by atoms with E-state index in [-0.39, 0.29) is 5.82 Å². The highest BCUT2D eigenvalue weighted by Gasteiger charge is 2.11. The molecule has 5 heteroatoms. The summed E-state index contributed by atoms with van der Waals surface area (Å²) >= 11 is 3.25. The molecule has 0 amide bonds. The van der Waals surface area contributed by atoms with E-state index in [0.717, 1.165) is 17.2 Å². The second kappa shape index (κ2) is 5.17. The molecule has 0 fully saturated rings. The fraction of sp³-hybridized carbons (Fsp3) is 0.0667. The molecule has 0 radical (unpaired) electrons. The second-order valence-electron chi connectivity index (χ2n) is 4.42. The van der Waals surface area contributed by atoms with E-state index in [0.29, 0.717) is 22.2 Å². The van der Waals surface area contributed by atoms with Crippen molar-refractivity contribution in [1.29, 1.82) is 0 Å². The highest BCUT2D eigenvalue weighted by atomic mass is 79.9. The van der Waals surface area contributed by atoms with Gasteiger partial charge in [0.15, 0.2) is 6.29 Å². The van der Waals surface area contributed by atoms with Gasteiger partial charge in [-0.3, -0.25) is 4.79 Å². The minimum absolute atomic E-state index is 0.303. The number of halogens is 2. The summed E-state index contributed by atoms with van der Waals surface area (Å²) in [6.45, 7) is 0.444. The Bertz CT molecular complexity index is 798. The van der Waals surface area contributed by atoms with Gasteiger partial charge < -0.3 is 4.57 Å². The van der Waals surface area contributed by atoms with Crippen molar-refractivity contribution in [3.05, 3.63) is 64.1 Å². The van der Waals surface area contributed by atoms with Crippen molar-refractivity contribution in [2.24, 2.45) is 0 Å². The number of hydrogen-bond acceptors (Lipinski definition) is 2. The van der Waals surface area contributed by atoms with E-state index < -0.39 is 0 Å². The number of nitrogens with zero attached hydrogens (tertiary/aromatic N) is 2. The van der Waals surface area contributed by atoms with Crippen molar-refractivity contribution in [2.75, 3.05) is 0 Å². The number of aldehydes is 1. The van der Waals surface area contributed by atoms with E-state index in [4.69, 9.17) is 0 Å². The van der Waals surface area contributed by atoms with Gasteiger partial charge in [-0.15, -0.1) is 0 Å². The Labute approximate surface area is 123 Å². The maximum absolute atomic E-state index is 13.5. The standard InChI is InChI=1S/C15H10BrFN2O/c16-14-10(3-1-5-13(14)17)7-19-8-11(9-20)12-4-2-6-18-15(12)19/h1-6,8-9H,7H2. The first-order chi connectivity index (χ1) is 9.70. The van der Waals surface area contributed by atoms with Gasteiger partial charge in [0.2, 0.25) is 0 Å². The molecule has 0 aliphatic heterocycles. The summed E-state index contributed by atoms with van der Waals surface area (Å²) < 4.78 is 15.8. The minimum atomic E-state index is -0.303. The van der Waals surface area contributed by atoms with E-state index in [1.807, 2.05) is 16.7 Å². The lowest BCUT2D eigenvalue weighted by Gasteiger charge is -2.07. The molecule has 3 nitrogen and oxygen atoms in total. The van der Waals surface area contributed by atoms with E-state index in [1.54, 1.807) is 24.5 Å². The molecular weight excluding hydrogens is 323 g/mol.